The van der Waals surface area contributed by atoms with Gasteiger partial charge in [0.15, 0.2) is 0 Å². The summed E-state index contributed by atoms with van der Waals surface area (Å²) in [7, 11) is 0. The minimum atomic E-state index is 0.202. The number of nitrogens with zero attached hydrogens (tertiary/aromatic N) is 1. The molecule has 18 heavy (non-hydrogen) atoms. The van der Waals surface area contributed by atoms with E-state index in [4.69, 9.17) is 0 Å². The third kappa shape index (κ3) is 2.79. The predicted octanol–water partition coefficient (Wildman–Crippen LogP) is 3.12. The van der Waals surface area contributed by atoms with E-state index in [2.05, 4.69) is 54.5 Å². The summed E-state index contributed by atoms with van der Waals surface area (Å²) in [6.07, 6.45) is 2.93. The van der Waals surface area contributed by atoms with Crippen LogP contribution >= 0.6 is 0 Å². The summed E-state index contributed by atoms with van der Waals surface area (Å²) in [6, 6.07) is 8.84. The fourth-order valence-corrected chi connectivity index (χ4v) is 2.25. The van der Waals surface area contributed by atoms with Crippen LogP contribution in [0.25, 0.3) is 0 Å². The summed E-state index contributed by atoms with van der Waals surface area (Å²) in [4.78, 5) is 0. The quantitative estimate of drug-likeness (QED) is 0.847. The van der Waals surface area contributed by atoms with E-state index in [1.165, 1.54) is 16.7 Å². The number of aryl methyl sites for hydroxylation is 2. The van der Waals surface area contributed by atoms with Crippen molar-refractivity contribution < 1.29 is 0 Å². The molecule has 96 valence electrons. The van der Waals surface area contributed by atoms with Gasteiger partial charge in [0.1, 0.15) is 0 Å². The van der Waals surface area contributed by atoms with Crippen molar-refractivity contribution in [1.82, 2.24) is 15.5 Å². The standard InChI is InChI=1S/C15H21N3/c1-4-8-16-15(14-7-9-17-18-14)13-6-5-11(2)10-12(13)3/h5-7,9-10,15-16H,4,8H2,1-3H3,(H,17,18). The molecule has 0 spiro atoms. The normalized spacial score (nSPS) is 12.6. The Bertz CT molecular complexity index is 488. The molecule has 1 heterocycles. The second kappa shape index (κ2) is 5.83. The van der Waals surface area contributed by atoms with Crippen LogP contribution in [0.4, 0.5) is 0 Å². The zero-order valence-corrected chi connectivity index (χ0v) is 11.3. The van der Waals surface area contributed by atoms with Crippen molar-refractivity contribution in [2.24, 2.45) is 0 Å². The molecule has 0 aliphatic rings. The highest BCUT2D eigenvalue weighted by molar-refractivity contribution is 5.36. The first-order valence-corrected chi connectivity index (χ1v) is 6.52. The first-order chi connectivity index (χ1) is 8.72. The minimum absolute atomic E-state index is 0.202. The number of hydrogen-bond acceptors (Lipinski definition) is 2. The Balaban J connectivity index is 2.33. The van der Waals surface area contributed by atoms with Gasteiger partial charge in [-0.05, 0) is 44.0 Å². The predicted molar refractivity (Wildman–Crippen MR) is 74.6 cm³/mol. The highest BCUT2D eigenvalue weighted by atomic mass is 15.1. The van der Waals surface area contributed by atoms with Gasteiger partial charge in [-0.3, -0.25) is 5.10 Å². The number of hydrogen-bond donors (Lipinski definition) is 2. The van der Waals surface area contributed by atoms with Crippen LogP contribution in [0.1, 0.15) is 41.8 Å². The molecule has 0 fully saturated rings. The summed E-state index contributed by atoms with van der Waals surface area (Å²) in [6.45, 7) is 7.47. The maximum atomic E-state index is 4.06. The van der Waals surface area contributed by atoms with Crippen LogP contribution in [0.5, 0.6) is 0 Å². The SMILES string of the molecule is CCCNC(c1ccn[nH]1)c1ccc(C)cc1C. The van der Waals surface area contributed by atoms with Crippen molar-refractivity contribution >= 4 is 0 Å². The molecule has 2 rings (SSSR count). The summed E-state index contributed by atoms with van der Waals surface area (Å²) in [5.74, 6) is 0. The Morgan fingerprint density at radius 3 is 2.72 bits per heavy atom. The van der Waals surface area contributed by atoms with Crippen LogP contribution in [-0.4, -0.2) is 16.7 Å². The smallest absolute Gasteiger partial charge is 0.0748 e. The van der Waals surface area contributed by atoms with Crippen molar-refractivity contribution in [3.05, 3.63) is 52.8 Å². The van der Waals surface area contributed by atoms with Gasteiger partial charge in [-0.1, -0.05) is 30.7 Å². The van der Waals surface area contributed by atoms with Gasteiger partial charge in [0.25, 0.3) is 0 Å². The molecule has 1 unspecified atom stereocenters. The van der Waals surface area contributed by atoms with E-state index in [1.807, 2.05) is 6.07 Å². The second-order valence-corrected chi connectivity index (χ2v) is 4.76. The number of aromatic nitrogens is 2. The number of nitrogens with one attached hydrogen (secondary N) is 2. The van der Waals surface area contributed by atoms with Crippen molar-refractivity contribution in [2.75, 3.05) is 6.54 Å². The zero-order valence-electron chi connectivity index (χ0n) is 11.3. The molecule has 0 radical (unpaired) electrons. The third-order valence-electron chi connectivity index (χ3n) is 3.17. The Labute approximate surface area is 109 Å². The van der Waals surface area contributed by atoms with E-state index in [1.54, 1.807) is 6.20 Å². The van der Waals surface area contributed by atoms with Crippen molar-refractivity contribution in [3.8, 4) is 0 Å². The van der Waals surface area contributed by atoms with E-state index in [9.17, 15) is 0 Å². The number of aromatic amines is 1. The minimum Gasteiger partial charge on any atom is -0.305 e. The van der Waals surface area contributed by atoms with E-state index >= 15 is 0 Å². The Hall–Kier alpha value is -1.61. The van der Waals surface area contributed by atoms with Crippen LogP contribution in [-0.2, 0) is 0 Å². The Morgan fingerprint density at radius 1 is 1.28 bits per heavy atom. The first kappa shape index (κ1) is 12.8. The van der Waals surface area contributed by atoms with Gasteiger partial charge in [0.05, 0.1) is 11.7 Å². The molecular weight excluding hydrogens is 222 g/mol. The van der Waals surface area contributed by atoms with Crippen molar-refractivity contribution in [2.45, 2.75) is 33.2 Å². The maximum Gasteiger partial charge on any atom is 0.0748 e. The van der Waals surface area contributed by atoms with Crippen LogP contribution in [0.3, 0.4) is 0 Å². The number of H-pyrrole nitrogens is 1. The molecule has 0 saturated heterocycles. The van der Waals surface area contributed by atoms with Crippen molar-refractivity contribution in [3.63, 3.8) is 0 Å². The maximum absolute atomic E-state index is 4.06. The molecule has 3 heteroatoms. The largest absolute Gasteiger partial charge is 0.305 e. The molecule has 1 aromatic heterocycles. The fraction of sp³-hybridized carbons (Fsp3) is 0.400. The topological polar surface area (TPSA) is 40.7 Å². The highest BCUT2D eigenvalue weighted by Gasteiger charge is 2.16. The van der Waals surface area contributed by atoms with Crippen LogP contribution in [0.2, 0.25) is 0 Å². The van der Waals surface area contributed by atoms with Gasteiger partial charge in [-0.2, -0.15) is 5.10 Å². The zero-order chi connectivity index (χ0) is 13.0. The molecule has 0 aliphatic heterocycles. The molecule has 2 aromatic rings. The molecule has 0 aliphatic carbocycles. The second-order valence-electron chi connectivity index (χ2n) is 4.76. The lowest BCUT2D eigenvalue weighted by atomic mass is 9.97. The number of benzene rings is 1. The lowest BCUT2D eigenvalue weighted by Gasteiger charge is -2.20. The Morgan fingerprint density at radius 2 is 2.11 bits per heavy atom. The van der Waals surface area contributed by atoms with Crippen LogP contribution in [0.15, 0.2) is 30.5 Å². The monoisotopic (exact) mass is 243 g/mol. The summed E-state index contributed by atoms with van der Waals surface area (Å²) in [5.41, 5.74) is 5.06. The molecule has 1 atom stereocenters. The van der Waals surface area contributed by atoms with E-state index < -0.39 is 0 Å². The lowest BCUT2D eigenvalue weighted by molar-refractivity contribution is 0.583. The molecular formula is C15H21N3. The average Bonchev–Trinajstić information content (AvgIpc) is 2.85. The van der Waals surface area contributed by atoms with Gasteiger partial charge >= 0.3 is 0 Å². The summed E-state index contributed by atoms with van der Waals surface area (Å²) < 4.78 is 0. The molecule has 0 saturated carbocycles. The van der Waals surface area contributed by atoms with Gasteiger partial charge in [0, 0.05) is 6.20 Å². The highest BCUT2D eigenvalue weighted by Crippen LogP contribution is 2.24. The third-order valence-corrected chi connectivity index (χ3v) is 3.17. The molecule has 0 bridgehead atoms. The van der Waals surface area contributed by atoms with Gasteiger partial charge in [-0.15, -0.1) is 0 Å². The van der Waals surface area contributed by atoms with Crippen LogP contribution in [0, 0.1) is 13.8 Å². The van der Waals surface area contributed by atoms with E-state index in [-0.39, 0.29) is 6.04 Å². The number of rotatable bonds is 5. The summed E-state index contributed by atoms with van der Waals surface area (Å²) in [5, 5.41) is 10.7. The van der Waals surface area contributed by atoms with E-state index in [0.717, 1.165) is 18.7 Å². The molecule has 2 N–H and O–H groups in total. The Kier molecular flexibility index (Phi) is 4.15. The summed E-state index contributed by atoms with van der Waals surface area (Å²) >= 11 is 0. The molecule has 3 nitrogen and oxygen atoms in total. The van der Waals surface area contributed by atoms with Gasteiger partial charge < -0.3 is 5.32 Å². The van der Waals surface area contributed by atoms with E-state index in [0.29, 0.717) is 0 Å². The molecule has 0 amide bonds. The lowest BCUT2D eigenvalue weighted by Crippen LogP contribution is -2.24. The fourth-order valence-electron chi connectivity index (χ4n) is 2.25. The van der Waals surface area contributed by atoms with Crippen molar-refractivity contribution in [1.29, 1.82) is 0 Å². The average molecular weight is 243 g/mol. The first-order valence-electron chi connectivity index (χ1n) is 6.52. The van der Waals surface area contributed by atoms with Gasteiger partial charge in [-0.25, -0.2) is 0 Å². The van der Waals surface area contributed by atoms with Crippen LogP contribution < -0.4 is 5.32 Å². The van der Waals surface area contributed by atoms with Gasteiger partial charge in [0.2, 0.25) is 0 Å². The molecule has 1 aromatic carbocycles.